The molecule has 1 saturated heterocycles. The smallest absolute Gasteiger partial charge is 0.0898 e. The summed E-state index contributed by atoms with van der Waals surface area (Å²) in [7, 11) is 0. The van der Waals surface area contributed by atoms with E-state index in [0.717, 1.165) is 31.6 Å². The number of benzene rings is 1. The van der Waals surface area contributed by atoms with Crippen LogP contribution < -0.4 is 0 Å². The molecule has 16 heavy (non-hydrogen) atoms. The number of ether oxygens (including phenoxy) is 1. The minimum Gasteiger partial charge on any atom is -0.385 e. The van der Waals surface area contributed by atoms with Crippen molar-refractivity contribution in [1.29, 1.82) is 0 Å². The van der Waals surface area contributed by atoms with Crippen molar-refractivity contribution in [2.24, 2.45) is 5.92 Å². The van der Waals surface area contributed by atoms with E-state index in [0.29, 0.717) is 5.02 Å². The van der Waals surface area contributed by atoms with E-state index in [-0.39, 0.29) is 5.92 Å². The predicted octanol–water partition coefficient (Wildman–Crippen LogP) is 2.97. The van der Waals surface area contributed by atoms with E-state index in [1.807, 2.05) is 31.2 Å². The molecular formula is C13H17ClO2. The fourth-order valence-electron chi connectivity index (χ4n) is 2.28. The van der Waals surface area contributed by atoms with E-state index in [1.165, 1.54) is 0 Å². The molecular weight excluding hydrogens is 224 g/mol. The van der Waals surface area contributed by atoms with E-state index in [2.05, 4.69) is 0 Å². The van der Waals surface area contributed by atoms with Crippen molar-refractivity contribution in [2.45, 2.75) is 25.4 Å². The second kappa shape index (κ2) is 4.74. The zero-order chi connectivity index (χ0) is 11.6. The summed E-state index contributed by atoms with van der Waals surface area (Å²) in [6, 6.07) is 7.45. The van der Waals surface area contributed by atoms with E-state index < -0.39 is 5.60 Å². The van der Waals surface area contributed by atoms with Crippen molar-refractivity contribution < 1.29 is 9.84 Å². The maximum Gasteiger partial charge on any atom is 0.0898 e. The molecule has 1 aromatic rings. The fourth-order valence-corrected chi connectivity index (χ4v) is 2.41. The summed E-state index contributed by atoms with van der Waals surface area (Å²) >= 11 is 5.85. The average Bonchev–Trinajstić information content (AvgIpc) is 2.31. The third-order valence-electron chi connectivity index (χ3n) is 3.44. The Hall–Kier alpha value is -0.570. The zero-order valence-corrected chi connectivity index (χ0v) is 10.2. The van der Waals surface area contributed by atoms with Gasteiger partial charge in [-0.05, 0) is 43.4 Å². The van der Waals surface area contributed by atoms with Crippen molar-refractivity contribution in [3.05, 3.63) is 34.9 Å². The van der Waals surface area contributed by atoms with Gasteiger partial charge in [0.1, 0.15) is 0 Å². The highest BCUT2D eigenvalue weighted by Crippen LogP contribution is 2.35. The first-order chi connectivity index (χ1) is 7.60. The van der Waals surface area contributed by atoms with Crippen LogP contribution in [0.4, 0.5) is 0 Å². The normalized spacial score (nSPS) is 21.7. The van der Waals surface area contributed by atoms with Crippen LogP contribution in [0.5, 0.6) is 0 Å². The van der Waals surface area contributed by atoms with Gasteiger partial charge >= 0.3 is 0 Å². The monoisotopic (exact) mass is 240 g/mol. The molecule has 0 aliphatic carbocycles. The second-order valence-corrected chi connectivity index (χ2v) is 4.98. The summed E-state index contributed by atoms with van der Waals surface area (Å²) in [6.07, 6.45) is 1.82. The standard InChI is InChI=1S/C13H17ClO2/c1-13(15,11-6-8-16-9-7-11)10-2-4-12(14)5-3-10/h2-5,11,15H,6-9H2,1H3. The van der Waals surface area contributed by atoms with Gasteiger partial charge < -0.3 is 9.84 Å². The lowest BCUT2D eigenvalue weighted by atomic mass is 9.78. The van der Waals surface area contributed by atoms with E-state index in [1.54, 1.807) is 0 Å². The Labute approximate surface area is 101 Å². The summed E-state index contributed by atoms with van der Waals surface area (Å²) < 4.78 is 5.32. The molecule has 1 aliphatic heterocycles. The van der Waals surface area contributed by atoms with Crippen LogP contribution in [-0.2, 0) is 10.3 Å². The van der Waals surface area contributed by atoms with Crippen LogP contribution in [-0.4, -0.2) is 18.3 Å². The highest BCUT2D eigenvalue weighted by molar-refractivity contribution is 6.30. The molecule has 2 rings (SSSR count). The van der Waals surface area contributed by atoms with Gasteiger partial charge in [-0.1, -0.05) is 23.7 Å². The lowest BCUT2D eigenvalue weighted by Crippen LogP contribution is -2.35. The van der Waals surface area contributed by atoms with Gasteiger partial charge in [0.05, 0.1) is 5.60 Å². The lowest BCUT2D eigenvalue weighted by Gasteiger charge is -2.36. The number of halogens is 1. The molecule has 0 bridgehead atoms. The first kappa shape index (κ1) is 11.9. The van der Waals surface area contributed by atoms with Crippen molar-refractivity contribution in [1.82, 2.24) is 0 Å². The fraction of sp³-hybridized carbons (Fsp3) is 0.538. The molecule has 0 spiro atoms. The van der Waals surface area contributed by atoms with Crippen LogP contribution >= 0.6 is 11.6 Å². The maximum atomic E-state index is 10.6. The molecule has 1 aliphatic rings. The highest BCUT2D eigenvalue weighted by atomic mass is 35.5. The molecule has 1 heterocycles. The molecule has 1 unspecified atom stereocenters. The molecule has 1 aromatic carbocycles. The van der Waals surface area contributed by atoms with Gasteiger partial charge in [-0.2, -0.15) is 0 Å². The second-order valence-electron chi connectivity index (χ2n) is 4.54. The molecule has 1 atom stereocenters. The van der Waals surface area contributed by atoms with Crippen LogP contribution in [0.25, 0.3) is 0 Å². The van der Waals surface area contributed by atoms with Gasteiger partial charge in [0.2, 0.25) is 0 Å². The van der Waals surface area contributed by atoms with Gasteiger partial charge in [-0.25, -0.2) is 0 Å². The first-order valence-electron chi connectivity index (χ1n) is 5.67. The zero-order valence-electron chi connectivity index (χ0n) is 9.45. The Bertz CT molecular complexity index is 339. The van der Waals surface area contributed by atoms with Crippen LogP contribution in [0, 0.1) is 5.92 Å². The van der Waals surface area contributed by atoms with E-state index in [9.17, 15) is 5.11 Å². The predicted molar refractivity (Wildman–Crippen MR) is 64.6 cm³/mol. The summed E-state index contributed by atoms with van der Waals surface area (Å²) in [5, 5.41) is 11.3. The van der Waals surface area contributed by atoms with E-state index >= 15 is 0 Å². The summed E-state index contributed by atoms with van der Waals surface area (Å²) in [6.45, 7) is 3.37. The Balaban J connectivity index is 2.19. The summed E-state index contributed by atoms with van der Waals surface area (Å²) in [5.74, 6) is 0.266. The van der Waals surface area contributed by atoms with Crippen molar-refractivity contribution in [2.75, 3.05) is 13.2 Å². The minimum atomic E-state index is -0.783. The van der Waals surface area contributed by atoms with Gasteiger partial charge in [-0.3, -0.25) is 0 Å². The lowest BCUT2D eigenvalue weighted by molar-refractivity contribution is -0.0579. The van der Waals surface area contributed by atoms with Crippen LogP contribution in [0.1, 0.15) is 25.3 Å². The van der Waals surface area contributed by atoms with Crippen LogP contribution in [0.15, 0.2) is 24.3 Å². The van der Waals surface area contributed by atoms with Crippen molar-refractivity contribution in [3.63, 3.8) is 0 Å². The largest absolute Gasteiger partial charge is 0.385 e. The Morgan fingerprint density at radius 3 is 2.38 bits per heavy atom. The van der Waals surface area contributed by atoms with Gasteiger partial charge in [0.15, 0.2) is 0 Å². The minimum absolute atomic E-state index is 0.266. The Morgan fingerprint density at radius 1 is 1.25 bits per heavy atom. The number of hydrogen-bond acceptors (Lipinski definition) is 2. The third-order valence-corrected chi connectivity index (χ3v) is 3.70. The Morgan fingerprint density at radius 2 is 1.81 bits per heavy atom. The Kier molecular flexibility index (Phi) is 3.53. The number of hydrogen-bond donors (Lipinski definition) is 1. The molecule has 1 fully saturated rings. The molecule has 0 aromatic heterocycles. The molecule has 88 valence electrons. The van der Waals surface area contributed by atoms with Gasteiger partial charge in [0.25, 0.3) is 0 Å². The van der Waals surface area contributed by atoms with Gasteiger partial charge in [0, 0.05) is 18.2 Å². The molecule has 3 heteroatoms. The number of rotatable bonds is 2. The maximum absolute atomic E-state index is 10.6. The molecule has 0 amide bonds. The quantitative estimate of drug-likeness (QED) is 0.861. The number of aliphatic hydroxyl groups is 1. The molecule has 2 nitrogen and oxygen atoms in total. The SMILES string of the molecule is CC(O)(c1ccc(Cl)cc1)C1CCOCC1. The summed E-state index contributed by atoms with van der Waals surface area (Å²) in [4.78, 5) is 0. The third kappa shape index (κ3) is 2.40. The van der Waals surface area contributed by atoms with Crippen LogP contribution in [0.3, 0.4) is 0 Å². The molecule has 0 saturated carbocycles. The highest BCUT2D eigenvalue weighted by Gasteiger charge is 2.34. The molecule has 1 N–H and O–H groups in total. The van der Waals surface area contributed by atoms with Crippen molar-refractivity contribution >= 4 is 11.6 Å². The van der Waals surface area contributed by atoms with Crippen LogP contribution in [0.2, 0.25) is 5.02 Å². The first-order valence-corrected chi connectivity index (χ1v) is 6.04. The van der Waals surface area contributed by atoms with Gasteiger partial charge in [-0.15, -0.1) is 0 Å². The van der Waals surface area contributed by atoms with E-state index in [4.69, 9.17) is 16.3 Å². The summed E-state index contributed by atoms with van der Waals surface area (Å²) in [5.41, 5.74) is 0.151. The molecule has 0 radical (unpaired) electrons. The van der Waals surface area contributed by atoms with Crippen molar-refractivity contribution in [3.8, 4) is 0 Å². The average molecular weight is 241 g/mol. The topological polar surface area (TPSA) is 29.5 Å².